The lowest BCUT2D eigenvalue weighted by molar-refractivity contribution is -0.124. The van der Waals surface area contributed by atoms with Gasteiger partial charge >= 0.3 is 21.3 Å². The molecule has 1 aromatic heterocycles. The number of ketones is 1. The Morgan fingerprint density at radius 3 is 2.54 bits per heavy atom. The minimum atomic E-state index is -5.28. The summed E-state index contributed by atoms with van der Waals surface area (Å²) in [4.78, 5) is 62.3. The highest BCUT2D eigenvalue weighted by atomic mass is 31.3. The van der Waals surface area contributed by atoms with Crippen LogP contribution >= 0.6 is 15.6 Å². The summed E-state index contributed by atoms with van der Waals surface area (Å²) in [6.45, 7) is -0.832. The maximum absolute atomic E-state index is 11.8. The quantitative estimate of drug-likeness (QED) is 0.421. The molecule has 134 valence electrons. The van der Waals surface area contributed by atoms with Crippen LogP contribution in [-0.2, 0) is 27.5 Å². The number of aromatic nitrogens is 2. The minimum Gasteiger partial charge on any atom is -0.344 e. The molecule has 0 bridgehead atoms. The predicted molar refractivity (Wildman–Crippen MR) is 73.8 cm³/mol. The molecule has 3 atom stereocenters. The van der Waals surface area contributed by atoms with Crippen LogP contribution in [0, 0.1) is 0 Å². The molecule has 24 heavy (non-hydrogen) atoms. The largest absolute Gasteiger partial charge is 0.481 e. The fourth-order valence-electron chi connectivity index (χ4n) is 1.89. The molecule has 1 aliphatic heterocycles. The summed E-state index contributed by atoms with van der Waals surface area (Å²) >= 11 is 0. The van der Waals surface area contributed by atoms with E-state index in [1.54, 1.807) is 0 Å². The molecule has 13 nitrogen and oxygen atoms in total. The van der Waals surface area contributed by atoms with Crippen LogP contribution in [0.4, 0.5) is 0 Å². The number of hydrogen-bond donors (Lipinski definition) is 4. The standard InChI is InChI=1S/C9H12N2O11P2/c12-5-3-8(11-2-1-7(13)10-9(11)14)21-6(5)4-20-24(18,19)22-23(15,16)17/h1-2,6,8H,3-4H2,(H,18,19)(H,10,13,14)(H2,15,16,17)/t6-,8-/m1/s1. The molecule has 15 heteroatoms. The van der Waals surface area contributed by atoms with Gasteiger partial charge in [0.05, 0.1) is 13.0 Å². The third-order valence-corrected chi connectivity index (χ3v) is 4.97. The number of phosphoric ester groups is 1. The highest BCUT2D eigenvalue weighted by Crippen LogP contribution is 2.57. The van der Waals surface area contributed by atoms with Gasteiger partial charge in [-0.25, -0.2) is 13.9 Å². The topological polar surface area (TPSA) is 194 Å². The Hall–Kier alpha value is -1.43. The van der Waals surface area contributed by atoms with E-state index in [1.165, 1.54) is 0 Å². The zero-order valence-corrected chi connectivity index (χ0v) is 13.5. The molecule has 1 aromatic rings. The fraction of sp³-hybridized carbons (Fsp3) is 0.444. The van der Waals surface area contributed by atoms with E-state index >= 15 is 0 Å². The summed E-state index contributed by atoms with van der Waals surface area (Å²) in [5, 5.41) is 0. The SMILES string of the molecule is O=C1C[C@H](n2ccc(=O)[nH]c2=O)O[C@@H]1COP(=O)(O)OP(=O)(O)O. The van der Waals surface area contributed by atoms with E-state index in [1.807, 2.05) is 4.98 Å². The Balaban J connectivity index is 2.03. The molecular formula is C9H12N2O11P2. The van der Waals surface area contributed by atoms with Gasteiger partial charge in [-0.1, -0.05) is 0 Å². The fourth-order valence-corrected chi connectivity index (χ4v) is 3.47. The maximum Gasteiger partial charge on any atom is 0.481 e. The highest BCUT2D eigenvalue weighted by Gasteiger charge is 2.39. The monoisotopic (exact) mass is 386 g/mol. The zero-order valence-electron chi connectivity index (χ0n) is 11.7. The smallest absolute Gasteiger partial charge is 0.344 e. The minimum absolute atomic E-state index is 0.283. The molecule has 1 fully saturated rings. The van der Waals surface area contributed by atoms with Gasteiger partial charge in [0.25, 0.3) is 5.56 Å². The van der Waals surface area contributed by atoms with Crippen molar-refractivity contribution in [2.24, 2.45) is 0 Å². The molecule has 1 aliphatic rings. The summed E-state index contributed by atoms with van der Waals surface area (Å²) in [7, 11) is -10.4. The molecule has 4 N–H and O–H groups in total. The van der Waals surface area contributed by atoms with Gasteiger partial charge in [0, 0.05) is 12.3 Å². The van der Waals surface area contributed by atoms with Gasteiger partial charge in [-0.3, -0.25) is 23.7 Å². The first-order valence-corrected chi connectivity index (χ1v) is 9.23. The summed E-state index contributed by atoms with van der Waals surface area (Å²) in [5.41, 5.74) is -1.46. The average Bonchev–Trinajstić information content (AvgIpc) is 2.75. The number of aromatic amines is 1. The number of ether oxygens (including phenoxy) is 1. The number of phosphoric acid groups is 2. The van der Waals surface area contributed by atoms with Crippen LogP contribution in [-0.4, -0.2) is 42.7 Å². The molecule has 0 aliphatic carbocycles. The summed E-state index contributed by atoms with van der Waals surface area (Å²) in [6.07, 6.45) is -1.61. The van der Waals surface area contributed by atoms with Gasteiger partial charge in [-0.15, -0.1) is 0 Å². The van der Waals surface area contributed by atoms with Crippen LogP contribution in [0.25, 0.3) is 0 Å². The summed E-state index contributed by atoms with van der Waals surface area (Å²) in [6, 6.07) is 1.04. The molecule has 0 amide bonds. The van der Waals surface area contributed by atoms with Gasteiger partial charge in [0.15, 0.2) is 5.78 Å². The van der Waals surface area contributed by atoms with Crippen LogP contribution in [0.1, 0.15) is 12.6 Å². The second-order valence-electron chi connectivity index (χ2n) is 4.60. The van der Waals surface area contributed by atoms with E-state index in [-0.39, 0.29) is 6.42 Å². The van der Waals surface area contributed by atoms with Crippen molar-refractivity contribution in [3.05, 3.63) is 33.1 Å². The number of hydrogen-bond acceptors (Lipinski definition) is 8. The Labute approximate surface area is 132 Å². The number of rotatable bonds is 6. The van der Waals surface area contributed by atoms with E-state index in [2.05, 4.69) is 8.83 Å². The van der Waals surface area contributed by atoms with E-state index in [4.69, 9.17) is 19.4 Å². The van der Waals surface area contributed by atoms with Crippen molar-refractivity contribution in [2.45, 2.75) is 18.8 Å². The normalized spacial score (nSPS) is 24.0. The van der Waals surface area contributed by atoms with Gasteiger partial charge in [0.2, 0.25) is 0 Å². The second kappa shape index (κ2) is 6.82. The second-order valence-corrected chi connectivity index (χ2v) is 7.43. The van der Waals surface area contributed by atoms with Crippen molar-refractivity contribution in [1.29, 1.82) is 0 Å². The predicted octanol–water partition coefficient (Wildman–Crippen LogP) is -1.38. The van der Waals surface area contributed by atoms with Crippen LogP contribution in [0.5, 0.6) is 0 Å². The maximum atomic E-state index is 11.8. The van der Waals surface area contributed by atoms with Crippen LogP contribution in [0.15, 0.2) is 21.9 Å². The molecule has 0 spiro atoms. The van der Waals surface area contributed by atoms with Crippen molar-refractivity contribution in [3.8, 4) is 0 Å². The van der Waals surface area contributed by atoms with E-state index in [0.29, 0.717) is 0 Å². The van der Waals surface area contributed by atoms with Crippen molar-refractivity contribution in [1.82, 2.24) is 9.55 Å². The molecule has 0 radical (unpaired) electrons. The van der Waals surface area contributed by atoms with Crippen molar-refractivity contribution in [2.75, 3.05) is 6.61 Å². The first kappa shape index (κ1) is 18.9. The van der Waals surface area contributed by atoms with Crippen LogP contribution in [0.3, 0.4) is 0 Å². The molecule has 1 unspecified atom stereocenters. The van der Waals surface area contributed by atoms with E-state index < -0.39 is 51.6 Å². The van der Waals surface area contributed by atoms with Crippen molar-refractivity contribution in [3.63, 3.8) is 0 Å². The van der Waals surface area contributed by atoms with Crippen molar-refractivity contribution < 1.29 is 42.2 Å². The van der Waals surface area contributed by atoms with E-state index in [0.717, 1.165) is 16.8 Å². The van der Waals surface area contributed by atoms with E-state index in [9.17, 15) is 23.5 Å². The third kappa shape index (κ3) is 5.03. The molecule has 1 saturated heterocycles. The third-order valence-electron chi connectivity index (χ3n) is 2.82. The van der Waals surface area contributed by atoms with Gasteiger partial charge in [0.1, 0.15) is 12.3 Å². The number of Topliss-reactive ketones (excluding diaryl/α,β-unsaturated/α-hetero) is 1. The number of nitrogens with one attached hydrogen (secondary N) is 1. The first-order chi connectivity index (χ1) is 11.0. The number of carbonyl (C=O) groups excluding carboxylic acids is 1. The Kier molecular flexibility index (Phi) is 5.37. The molecule has 2 rings (SSSR count). The average molecular weight is 386 g/mol. The Bertz CT molecular complexity index is 838. The highest BCUT2D eigenvalue weighted by molar-refractivity contribution is 7.60. The number of H-pyrrole nitrogens is 1. The number of nitrogens with zero attached hydrogens (tertiary/aromatic N) is 1. The summed E-state index contributed by atoms with van der Waals surface area (Å²) in [5.74, 6) is -0.589. The first-order valence-electron chi connectivity index (χ1n) is 6.21. The zero-order chi connectivity index (χ0) is 18.1. The van der Waals surface area contributed by atoms with Gasteiger partial charge in [-0.2, -0.15) is 4.31 Å². The Morgan fingerprint density at radius 2 is 1.96 bits per heavy atom. The summed E-state index contributed by atoms with van der Waals surface area (Å²) < 4.78 is 35.8. The molecule has 2 heterocycles. The lowest BCUT2D eigenvalue weighted by Crippen LogP contribution is -2.31. The Morgan fingerprint density at radius 1 is 1.29 bits per heavy atom. The van der Waals surface area contributed by atoms with Crippen molar-refractivity contribution >= 4 is 21.4 Å². The lowest BCUT2D eigenvalue weighted by Gasteiger charge is -2.16. The van der Waals surface area contributed by atoms with Crippen LogP contribution < -0.4 is 11.2 Å². The number of carbonyl (C=O) groups is 1. The lowest BCUT2D eigenvalue weighted by atomic mass is 10.2. The molecule has 0 aromatic carbocycles. The van der Waals surface area contributed by atoms with Gasteiger partial charge < -0.3 is 19.4 Å². The molecular weight excluding hydrogens is 374 g/mol. The van der Waals surface area contributed by atoms with Crippen LogP contribution in [0.2, 0.25) is 0 Å². The molecule has 0 saturated carbocycles. The van der Waals surface area contributed by atoms with Gasteiger partial charge in [-0.05, 0) is 0 Å².